The van der Waals surface area contributed by atoms with Crippen LogP contribution in [0.1, 0.15) is 69.5 Å². The third kappa shape index (κ3) is 3.19. The van der Waals surface area contributed by atoms with Gasteiger partial charge in [-0.25, -0.2) is 4.79 Å². The summed E-state index contributed by atoms with van der Waals surface area (Å²) in [6.45, 7) is 11.0. The first kappa shape index (κ1) is 20.7. The molecule has 1 aromatic carbocycles. The van der Waals surface area contributed by atoms with Gasteiger partial charge in [-0.3, -0.25) is 4.79 Å². The summed E-state index contributed by atoms with van der Waals surface area (Å²) in [4.78, 5) is 25.8. The molecule has 5 heteroatoms. The number of ketones is 1. The number of esters is 1. The molecule has 5 nitrogen and oxygen atoms in total. The van der Waals surface area contributed by atoms with Gasteiger partial charge in [-0.1, -0.05) is 40.7 Å². The Morgan fingerprint density at radius 2 is 1.79 bits per heavy atom. The number of cyclic esters (lactones) is 1. The van der Waals surface area contributed by atoms with E-state index in [-0.39, 0.29) is 23.0 Å². The number of hydrogen-bond acceptors (Lipinski definition) is 5. The largest absolute Gasteiger partial charge is 0.493 e. The van der Waals surface area contributed by atoms with Crippen molar-refractivity contribution in [1.82, 2.24) is 0 Å². The van der Waals surface area contributed by atoms with Gasteiger partial charge in [0.2, 0.25) is 0 Å². The third-order valence-corrected chi connectivity index (χ3v) is 7.26. The first-order chi connectivity index (χ1) is 13.1. The predicted molar refractivity (Wildman–Crippen MR) is 107 cm³/mol. The highest BCUT2D eigenvalue weighted by atomic mass is 16.6. The molecule has 0 saturated heterocycles. The number of rotatable bonds is 5. The Morgan fingerprint density at radius 3 is 2.36 bits per heavy atom. The van der Waals surface area contributed by atoms with E-state index in [1.54, 1.807) is 6.07 Å². The van der Waals surface area contributed by atoms with Gasteiger partial charge in [0.05, 0.1) is 20.1 Å². The fraction of sp³-hybridized carbons (Fsp3) is 0.652. The number of benzene rings is 1. The van der Waals surface area contributed by atoms with Crippen LogP contribution in [0.15, 0.2) is 12.1 Å². The summed E-state index contributed by atoms with van der Waals surface area (Å²) in [7, 11) is 3.04. The molecule has 0 spiro atoms. The van der Waals surface area contributed by atoms with Gasteiger partial charge < -0.3 is 14.2 Å². The summed E-state index contributed by atoms with van der Waals surface area (Å²) in [5.74, 6) is 1.15. The second kappa shape index (κ2) is 7.41. The van der Waals surface area contributed by atoms with Gasteiger partial charge in [-0.2, -0.15) is 0 Å². The van der Waals surface area contributed by atoms with E-state index in [9.17, 15) is 9.59 Å². The van der Waals surface area contributed by atoms with Crippen molar-refractivity contribution in [3.05, 3.63) is 23.3 Å². The van der Waals surface area contributed by atoms with Gasteiger partial charge >= 0.3 is 5.97 Å². The Balaban J connectivity index is 2.00. The standard InChI is InChI=1S/C23H32O5/c1-12(2)23(4,5)14-10-13(3)19(24)16(11-14)20-15-8-9-17(26-6)21(27-7)18(15)22(25)28-20/h8-9,12-14,16,20H,10-11H2,1-7H3/t13-,14-,16-,20+/m1/s1. The average molecular weight is 389 g/mol. The molecule has 0 unspecified atom stereocenters. The van der Waals surface area contributed by atoms with Crippen molar-refractivity contribution in [1.29, 1.82) is 0 Å². The van der Waals surface area contributed by atoms with Crippen molar-refractivity contribution in [2.24, 2.45) is 29.1 Å². The molecule has 0 aromatic heterocycles. The minimum Gasteiger partial charge on any atom is -0.493 e. The molecule has 2 aliphatic rings. The Kier molecular flexibility index (Phi) is 5.48. The topological polar surface area (TPSA) is 61.8 Å². The molecule has 3 rings (SSSR count). The minimum atomic E-state index is -0.553. The highest BCUT2D eigenvalue weighted by Crippen LogP contribution is 2.52. The molecule has 1 saturated carbocycles. The van der Waals surface area contributed by atoms with Crippen LogP contribution in [0.3, 0.4) is 0 Å². The normalized spacial score (nSPS) is 27.6. The average Bonchev–Trinajstić information content (AvgIpc) is 2.99. The van der Waals surface area contributed by atoms with Gasteiger partial charge in [0.15, 0.2) is 11.5 Å². The van der Waals surface area contributed by atoms with Gasteiger partial charge in [-0.15, -0.1) is 0 Å². The van der Waals surface area contributed by atoms with Crippen LogP contribution in [0.4, 0.5) is 0 Å². The van der Waals surface area contributed by atoms with E-state index in [0.717, 1.165) is 18.4 Å². The SMILES string of the molecule is COc1ccc2c(c1OC)C(=O)O[C@@H]2[C@@H]1C[C@H](C(C)(C)C(C)C)C[C@@H](C)C1=O. The van der Waals surface area contributed by atoms with Crippen LogP contribution in [0.25, 0.3) is 0 Å². The van der Waals surface area contributed by atoms with Crippen molar-refractivity contribution in [2.45, 2.75) is 53.6 Å². The van der Waals surface area contributed by atoms with Crippen LogP contribution in [0, 0.1) is 29.1 Å². The number of fused-ring (bicyclic) bond motifs is 1. The number of ether oxygens (including phenoxy) is 3. The number of hydrogen-bond donors (Lipinski definition) is 0. The second-order valence-electron chi connectivity index (χ2n) is 9.15. The van der Waals surface area contributed by atoms with Crippen molar-refractivity contribution >= 4 is 11.8 Å². The van der Waals surface area contributed by atoms with E-state index < -0.39 is 12.1 Å². The Bertz CT molecular complexity index is 779. The fourth-order valence-corrected chi connectivity index (χ4v) is 4.71. The Hall–Kier alpha value is -2.04. The molecule has 1 aliphatic carbocycles. The van der Waals surface area contributed by atoms with Crippen LogP contribution >= 0.6 is 0 Å². The summed E-state index contributed by atoms with van der Waals surface area (Å²) in [5, 5.41) is 0. The molecular formula is C23H32O5. The molecule has 0 amide bonds. The Labute approximate surface area is 167 Å². The van der Waals surface area contributed by atoms with E-state index >= 15 is 0 Å². The van der Waals surface area contributed by atoms with Crippen LogP contribution in [0.5, 0.6) is 11.5 Å². The Morgan fingerprint density at radius 1 is 1.11 bits per heavy atom. The highest BCUT2D eigenvalue weighted by molar-refractivity contribution is 5.99. The molecular weight excluding hydrogens is 356 g/mol. The predicted octanol–water partition coefficient (Wildman–Crippen LogP) is 4.83. The van der Waals surface area contributed by atoms with Crippen molar-refractivity contribution < 1.29 is 23.8 Å². The van der Waals surface area contributed by atoms with Crippen LogP contribution in [-0.2, 0) is 9.53 Å². The lowest BCUT2D eigenvalue weighted by Crippen LogP contribution is -2.42. The van der Waals surface area contributed by atoms with Crippen LogP contribution in [-0.4, -0.2) is 26.0 Å². The number of Topliss-reactive ketones (excluding diaryl/α,β-unsaturated/α-hetero) is 1. The third-order valence-electron chi connectivity index (χ3n) is 7.26. The number of carbonyl (C=O) groups excluding carboxylic acids is 2. The summed E-state index contributed by atoms with van der Waals surface area (Å²) >= 11 is 0. The van der Waals surface area contributed by atoms with Crippen LogP contribution in [0.2, 0.25) is 0 Å². The molecule has 0 N–H and O–H groups in total. The molecule has 1 aliphatic heterocycles. The summed E-state index contributed by atoms with van der Waals surface area (Å²) in [6.07, 6.45) is 1.07. The first-order valence-corrected chi connectivity index (χ1v) is 10.1. The molecule has 1 heterocycles. The zero-order chi connectivity index (χ0) is 20.8. The molecule has 1 fully saturated rings. The van der Waals surface area contributed by atoms with E-state index in [4.69, 9.17) is 14.2 Å². The smallest absolute Gasteiger partial charge is 0.343 e. The lowest BCUT2D eigenvalue weighted by atomic mass is 9.60. The van der Waals surface area contributed by atoms with Gasteiger partial charge in [0.25, 0.3) is 0 Å². The lowest BCUT2D eigenvalue weighted by molar-refractivity contribution is -0.136. The number of methoxy groups -OCH3 is 2. The molecule has 154 valence electrons. The zero-order valence-corrected chi connectivity index (χ0v) is 18.0. The second-order valence-corrected chi connectivity index (χ2v) is 9.15. The van der Waals surface area contributed by atoms with E-state index in [1.807, 2.05) is 13.0 Å². The van der Waals surface area contributed by atoms with E-state index in [0.29, 0.717) is 28.9 Å². The number of carbonyl (C=O) groups is 2. The maximum atomic E-state index is 13.1. The van der Waals surface area contributed by atoms with E-state index in [2.05, 4.69) is 27.7 Å². The summed E-state index contributed by atoms with van der Waals surface area (Å²) in [6, 6.07) is 3.61. The monoisotopic (exact) mass is 388 g/mol. The first-order valence-electron chi connectivity index (χ1n) is 10.1. The van der Waals surface area contributed by atoms with Crippen molar-refractivity contribution in [3.8, 4) is 11.5 Å². The lowest BCUT2D eigenvalue weighted by Gasteiger charge is -2.45. The minimum absolute atomic E-state index is 0.0373. The zero-order valence-electron chi connectivity index (χ0n) is 18.0. The molecule has 1 aromatic rings. The maximum Gasteiger partial charge on any atom is 0.343 e. The molecule has 0 radical (unpaired) electrons. The summed E-state index contributed by atoms with van der Waals surface area (Å²) < 4.78 is 16.5. The highest BCUT2D eigenvalue weighted by Gasteiger charge is 2.49. The van der Waals surface area contributed by atoms with E-state index in [1.165, 1.54) is 14.2 Å². The van der Waals surface area contributed by atoms with Crippen LogP contribution < -0.4 is 9.47 Å². The van der Waals surface area contributed by atoms with Crippen molar-refractivity contribution in [3.63, 3.8) is 0 Å². The molecule has 0 bridgehead atoms. The maximum absolute atomic E-state index is 13.1. The molecule has 28 heavy (non-hydrogen) atoms. The van der Waals surface area contributed by atoms with Crippen molar-refractivity contribution in [2.75, 3.05) is 14.2 Å². The summed E-state index contributed by atoms with van der Waals surface area (Å²) in [5.41, 5.74) is 1.23. The molecule has 4 atom stereocenters. The fourth-order valence-electron chi connectivity index (χ4n) is 4.71. The van der Waals surface area contributed by atoms with Gasteiger partial charge in [0, 0.05) is 11.5 Å². The van der Waals surface area contributed by atoms with Gasteiger partial charge in [-0.05, 0) is 36.2 Å². The quantitative estimate of drug-likeness (QED) is 0.676. The van der Waals surface area contributed by atoms with Gasteiger partial charge in [0.1, 0.15) is 17.5 Å².